The summed E-state index contributed by atoms with van der Waals surface area (Å²) in [5.41, 5.74) is 0.561. The van der Waals surface area contributed by atoms with E-state index in [0.29, 0.717) is 24.5 Å². The first-order valence-electron chi connectivity index (χ1n) is 9.66. The highest BCUT2D eigenvalue weighted by Crippen LogP contribution is 2.58. The summed E-state index contributed by atoms with van der Waals surface area (Å²) >= 11 is 0. The lowest BCUT2D eigenvalue weighted by molar-refractivity contribution is -0.224. The number of nitrogens with one attached hydrogen (secondary N) is 1. The van der Waals surface area contributed by atoms with Crippen molar-refractivity contribution in [2.45, 2.75) is 37.3 Å². The molecular formula is C22H23NO5. The molecule has 3 atom stereocenters. The number of carbonyl (C=O) groups is 1. The Morgan fingerprint density at radius 2 is 1.93 bits per heavy atom. The fourth-order valence-electron chi connectivity index (χ4n) is 4.44. The minimum absolute atomic E-state index is 0.168. The first kappa shape index (κ1) is 17.8. The Morgan fingerprint density at radius 1 is 1.14 bits per heavy atom. The Labute approximate surface area is 163 Å². The maximum absolute atomic E-state index is 13.3. The van der Waals surface area contributed by atoms with Crippen molar-refractivity contribution in [3.8, 4) is 5.75 Å². The molecule has 1 aliphatic carbocycles. The topological polar surface area (TPSA) is 88.0 Å². The van der Waals surface area contributed by atoms with Crippen LogP contribution in [0.4, 0.5) is 0 Å². The minimum Gasteiger partial charge on any atom is -0.454 e. The maximum Gasteiger partial charge on any atom is 0.276 e. The number of hydrogen-bond donors (Lipinski definition) is 3. The molecule has 2 aromatic rings. The van der Waals surface area contributed by atoms with E-state index < -0.39 is 17.2 Å². The predicted octanol–water partition coefficient (Wildman–Crippen LogP) is 2.09. The molecule has 0 saturated carbocycles. The van der Waals surface area contributed by atoms with Gasteiger partial charge in [-0.1, -0.05) is 38.1 Å². The lowest BCUT2D eigenvalue weighted by atomic mass is 9.86. The summed E-state index contributed by atoms with van der Waals surface area (Å²) in [5, 5.41) is 26.0. The number of rotatable bonds is 2. The first-order valence-corrected chi connectivity index (χ1v) is 9.66. The Morgan fingerprint density at radius 3 is 2.64 bits per heavy atom. The number of aliphatic hydroxyl groups is 2. The lowest BCUT2D eigenvalue weighted by Gasteiger charge is -2.28. The van der Waals surface area contributed by atoms with Crippen molar-refractivity contribution < 1.29 is 24.5 Å². The first-order chi connectivity index (χ1) is 13.4. The summed E-state index contributed by atoms with van der Waals surface area (Å²) in [6.45, 7) is 6.14. The molecule has 5 rings (SSSR count). The number of benzene rings is 2. The van der Waals surface area contributed by atoms with E-state index in [0.717, 1.165) is 17.7 Å². The Balaban J connectivity index is 1.60. The highest BCUT2D eigenvalue weighted by molar-refractivity contribution is 6.09. The summed E-state index contributed by atoms with van der Waals surface area (Å²) in [7, 11) is 0. The molecular weight excluding hydrogens is 358 g/mol. The largest absolute Gasteiger partial charge is 0.454 e. The summed E-state index contributed by atoms with van der Waals surface area (Å²) in [6.07, 6.45) is -0.168. The van der Waals surface area contributed by atoms with E-state index in [9.17, 15) is 15.0 Å². The zero-order valence-electron chi connectivity index (χ0n) is 15.9. The number of fused-ring (bicyclic) bond motifs is 5. The summed E-state index contributed by atoms with van der Waals surface area (Å²) in [4.78, 5) is 13.3. The molecule has 1 fully saturated rings. The van der Waals surface area contributed by atoms with Crippen molar-refractivity contribution >= 4 is 5.78 Å². The van der Waals surface area contributed by atoms with Crippen LogP contribution in [0, 0.1) is 0 Å². The Bertz CT molecular complexity index is 981. The lowest BCUT2D eigenvalue weighted by Crippen LogP contribution is -2.48. The Kier molecular flexibility index (Phi) is 3.74. The van der Waals surface area contributed by atoms with Gasteiger partial charge in [0.25, 0.3) is 5.79 Å². The molecule has 0 bridgehead atoms. The molecule has 28 heavy (non-hydrogen) atoms. The molecule has 0 spiro atoms. The van der Waals surface area contributed by atoms with E-state index in [1.54, 1.807) is 24.3 Å². The van der Waals surface area contributed by atoms with Gasteiger partial charge in [-0.2, -0.15) is 0 Å². The van der Waals surface area contributed by atoms with Crippen LogP contribution in [0.5, 0.6) is 5.75 Å². The summed E-state index contributed by atoms with van der Waals surface area (Å²) in [5.74, 6) is -2.07. The normalized spacial score (nSPS) is 30.8. The second kappa shape index (κ2) is 5.87. The van der Waals surface area contributed by atoms with E-state index in [2.05, 4.69) is 5.32 Å². The molecule has 3 unspecified atom stereocenters. The predicted molar refractivity (Wildman–Crippen MR) is 101 cm³/mol. The zero-order valence-corrected chi connectivity index (χ0v) is 15.9. The van der Waals surface area contributed by atoms with Gasteiger partial charge in [-0.15, -0.1) is 0 Å². The van der Waals surface area contributed by atoms with E-state index in [1.807, 2.05) is 26.0 Å². The van der Waals surface area contributed by atoms with E-state index in [1.165, 1.54) is 0 Å². The molecule has 0 aromatic heterocycles. The molecule has 3 N–H and O–H groups in total. The third-order valence-electron chi connectivity index (χ3n) is 6.09. The third kappa shape index (κ3) is 2.14. The molecule has 146 valence electrons. The van der Waals surface area contributed by atoms with Gasteiger partial charge in [0.2, 0.25) is 11.4 Å². The molecule has 0 radical (unpaired) electrons. The third-order valence-corrected chi connectivity index (χ3v) is 6.09. The Hall–Kier alpha value is -2.25. The van der Waals surface area contributed by atoms with Crippen LogP contribution in [0.15, 0.2) is 36.4 Å². The van der Waals surface area contributed by atoms with E-state index >= 15 is 0 Å². The second-order valence-corrected chi connectivity index (χ2v) is 8.06. The fraction of sp³-hybridized carbons (Fsp3) is 0.409. The van der Waals surface area contributed by atoms with Gasteiger partial charge < -0.3 is 25.0 Å². The average Bonchev–Trinajstić information content (AvgIpc) is 3.04. The van der Waals surface area contributed by atoms with Crippen LogP contribution >= 0.6 is 0 Å². The van der Waals surface area contributed by atoms with Crippen molar-refractivity contribution in [2.24, 2.45) is 0 Å². The van der Waals surface area contributed by atoms with Crippen LogP contribution in [0.25, 0.3) is 0 Å². The smallest absolute Gasteiger partial charge is 0.276 e. The SMILES string of the molecule is CC(C)c1ccc2c(c1)OC1(O)c3ccc(C4CNCCO4)cc3C(=O)C21O. The molecule has 2 heterocycles. The van der Waals surface area contributed by atoms with E-state index in [-0.39, 0.29) is 23.1 Å². The molecule has 6 heteroatoms. The van der Waals surface area contributed by atoms with Crippen molar-refractivity contribution in [3.05, 3.63) is 64.2 Å². The van der Waals surface area contributed by atoms with E-state index in [4.69, 9.17) is 9.47 Å². The number of hydrogen-bond acceptors (Lipinski definition) is 6. The van der Waals surface area contributed by atoms with Crippen molar-refractivity contribution in [3.63, 3.8) is 0 Å². The quantitative estimate of drug-likeness (QED) is 0.738. The van der Waals surface area contributed by atoms with Crippen LogP contribution < -0.4 is 10.1 Å². The number of ether oxygens (including phenoxy) is 2. The van der Waals surface area contributed by atoms with Gasteiger partial charge in [0.1, 0.15) is 5.75 Å². The molecule has 2 aliphatic heterocycles. The van der Waals surface area contributed by atoms with Crippen LogP contribution in [-0.2, 0) is 16.1 Å². The van der Waals surface area contributed by atoms with Gasteiger partial charge >= 0.3 is 0 Å². The number of carbonyl (C=O) groups excluding carboxylic acids is 1. The fourth-order valence-corrected chi connectivity index (χ4v) is 4.44. The van der Waals surface area contributed by atoms with Crippen LogP contribution in [-0.4, -0.2) is 35.7 Å². The van der Waals surface area contributed by atoms with Crippen molar-refractivity contribution in [1.29, 1.82) is 0 Å². The van der Waals surface area contributed by atoms with Crippen LogP contribution in [0.3, 0.4) is 0 Å². The second-order valence-electron chi connectivity index (χ2n) is 8.06. The van der Waals surface area contributed by atoms with Gasteiger partial charge in [-0.3, -0.25) is 4.79 Å². The summed E-state index contributed by atoms with van der Waals surface area (Å²) < 4.78 is 11.6. The summed E-state index contributed by atoms with van der Waals surface area (Å²) in [6, 6.07) is 10.5. The number of Topliss-reactive ketones (excluding diaryl/α,β-unsaturated/α-hetero) is 1. The van der Waals surface area contributed by atoms with Crippen molar-refractivity contribution in [2.75, 3.05) is 19.7 Å². The average molecular weight is 381 g/mol. The molecule has 6 nitrogen and oxygen atoms in total. The highest BCUT2D eigenvalue weighted by atomic mass is 16.7. The molecule has 2 aromatic carbocycles. The number of ketones is 1. The monoisotopic (exact) mass is 381 g/mol. The van der Waals surface area contributed by atoms with Gasteiger partial charge in [-0.25, -0.2) is 0 Å². The van der Waals surface area contributed by atoms with Gasteiger partial charge in [0.05, 0.1) is 12.7 Å². The van der Waals surface area contributed by atoms with Crippen molar-refractivity contribution in [1.82, 2.24) is 5.32 Å². The minimum atomic E-state index is -2.15. The van der Waals surface area contributed by atoms with Crippen LogP contribution in [0.2, 0.25) is 0 Å². The molecule has 0 amide bonds. The highest BCUT2D eigenvalue weighted by Gasteiger charge is 2.70. The maximum atomic E-state index is 13.3. The van der Waals surface area contributed by atoms with Gasteiger partial charge in [0, 0.05) is 29.8 Å². The molecule has 1 saturated heterocycles. The number of morpholine rings is 1. The van der Waals surface area contributed by atoms with Gasteiger partial charge in [-0.05, 0) is 29.2 Å². The van der Waals surface area contributed by atoms with Crippen LogP contribution in [0.1, 0.15) is 58.5 Å². The molecule has 3 aliphatic rings. The van der Waals surface area contributed by atoms with Gasteiger partial charge in [0.15, 0.2) is 0 Å². The zero-order chi connectivity index (χ0) is 19.7. The standard InChI is InChI=1S/C22H23NO5/c1-12(2)13-3-6-17-18(10-13)28-22(26)16-5-4-14(19-11-23-7-8-27-19)9-15(16)20(24)21(17,22)25/h3-6,9-10,12,19,23,25-26H,7-8,11H2,1-2H3.